The third kappa shape index (κ3) is 1.70. The molecule has 0 atom stereocenters. The average molecular weight is 192 g/mol. The standard InChI is InChI=1S/C10H16N4/c1-7-8(5-11)6-12-10(13-7)14(2)9-3-4-9/h6,9H,3-5,11H2,1-2H3. The summed E-state index contributed by atoms with van der Waals surface area (Å²) in [5, 5.41) is 0. The second-order valence-electron chi connectivity index (χ2n) is 3.83. The highest BCUT2D eigenvalue weighted by atomic mass is 15.3. The summed E-state index contributed by atoms with van der Waals surface area (Å²) in [6.45, 7) is 2.49. The molecule has 1 aromatic rings. The van der Waals surface area contributed by atoms with Gasteiger partial charge in [-0.05, 0) is 19.8 Å². The Bertz CT molecular complexity index is 333. The first kappa shape index (κ1) is 9.40. The molecule has 1 heterocycles. The summed E-state index contributed by atoms with van der Waals surface area (Å²) >= 11 is 0. The van der Waals surface area contributed by atoms with E-state index in [4.69, 9.17) is 5.73 Å². The van der Waals surface area contributed by atoms with Gasteiger partial charge in [-0.25, -0.2) is 9.97 Å². The number of anilines is 1. The van der Waals surface area contributed by atoms with Gasteiger partial charge in [0.25, 0.3) is 0 Å². The first-order valence-electron chi connectivity index (χ1n) is 4.98. The molecular weight excluding hydrogens is 176 g/mol. The molecule has 2 rings (SSSR count). The Kier molecular flexibility index (Phi) is 2.37. The summed E-state index contributed by atoms with van der Waals surface area (Å²) in [5.74, 6) is 0.821. The predicted octanol–water partition coefficient (Wildman–Crippen LogP) is 0.842. The fourth-order valence-electron chi connectivity index (χ4n) is 1.48. The van der Waals surface area contributed by atoms with Gasteiger partial charge in [0.05, 0.1) is 0 Å². The molecule has 0 aromatic carbocycles. The Morgan fingerprint density at radius 1 is 1.57 bits per heavy atom. The zero-order chi connectivity index (χ0) is 10.1. The number of nitrogens with zero attached hydrogens (tertiary/aromatic N) is 3. The van der Waals surface area contributed by atoms with Crippen LogP contribution in [0, 0.1) is 6.92 Å². The van der Waals surface area contributed by atoms with Gasteiger partial charge >= 0.3 is 0 Å². The summed E-state index contributed by atoms with van der Waals surface area (Å²) < 4.78 is 0. The van der Waals surface area contributed by atoms with Crippen molar-refractivity contribution in [3.63, 3.8) is 0 Å². The maximum Gasteiger partial charge on any atom is 0.225 e. The third-order valence-corrected chi connectivity index (χ3v) is 2.70. The molecule has 1 aliphatic rings. The second-order valence-corrected chi connectivity index (χ2v) is 3.83. The van der Waals surface area contributed by atoms with E-state index in [0.717, 1.165) is 17.2 Å². The van der Waals surface area contributed by atoms with Crippen LogP contribution >= 0.6 is 0 Å². The van der Waals surface area contributed by atoms with Crippen molar-refractivity contribution in [2.75, 3.05) is 11.9 Å². The van der Waals surface area contributed by atoms with Gasteiger partial charge in [-0.1, -0.05) is 0 Å². The second kappa shape index (κ2) is 3.53. The molecule has 0 spiro atoms. The molecule has 1 aliphatic carbocycles. The van der Waals surface area contributed by atoms with Gasteiger partial charge in [0.15, 0.2) is 0 Å². The van der Waals surface area contributed by atoms with Crippen molar-refractivity contribution in [2.45, 2.75) is 32.4 Å². The monoisotopic (exact) mass is 192 g/mol. The molecule has 76 valence electrons. The molecule has 1 fully saturated rings. The fourth-order valence-corrected chi connectivity index (χ4v) is 1.48. The Balaban J connectivity index is 2.22. The molecule has 1 aromatic heterocycles. The van der Waals surface area contributed by atoms with Crippen molar-refractivity contribution in [2.24, 2.45) is 5.73 Å². The number of aromatic nitrogens is 2. The summed E-state index contributed by atoms with van der Waals surface area (Å²) in [5.41, 5.74) is 7.57. The molecular formula is C10H16N4. The van der Waals surface area contributed by atoms with Crippen LogP contribution in [-0.2, 0) is 6.54 Å². The van der Waals surface area contributed by atoms with E-state index in [1.54, 1.807) is 0 Å². The molecule has 0 saturated heterocycles. The maximum absolute atomic E-state index is 5.56. The minimum atomic E-state index is 0.513. The minimum Gasteiger partial charge on any atom is -0.341 e. The Morgan fingerprint density at radius 2 is 2.29 bits per heavy atom. The van der Waals surface area contributed by atoms with Crippen LogP contribution in [-0.4, -0.2) is 23.1 Å². The summed E-state index contributed by atoms with van der Waals surface area (Å²) in [4.78, 5) is 10.9. The highest BCUT2D eigenvalue weighted by Gasteiger charge is 2.27. The zero-order valence-electron chi connectivity index (χ0n) is 8.70. The van der Waals surface area contributed by atoms with Gasteiger partial charge in [-0.15, -0.1) is 0 Å². The Morgan fingerprint density at radius 3 is 2.79 bits per heavy atom. The number of hydrogen-bond acceptors (Lipinski definition) is 4. The van der Waals surface area contributed by atoms with E-state index in [1.165, 1.54) is 12.8 Å². The van der Waals surface area contributed by atoms with Crippen LogP contribution < -0.4 is 10.6 Å². The molecule has 4 heteroatoms. The van der Waals surface area contributed by atoms with Crippen LogP contribution in [0.5, 0.6) is 0 Å². The quantitative estimate of drug-likeness (QED) is 0.771. The van der Waals surface area contributed by atoms with E-state index < -0.39 is 0 Å². The first-order chi connectivity index (χ1) is 6.72. The number of hydrogen-bond donors (Lipinski definition) is 1. The van der Waals surface area contributed by atoms with Crippen LogP contribution in [0.25, 0.3) is 0 Å². The van der Waals surface area contributed by atoms with E-state index in [1.807, 2.05) is 13.1 Å². The SMILES string of the molecule is Cc1nc(N(C)C2CC2)ncc1CN. The van der Waals surface area contributed by atoms with E-state index in [0.29, 0.717) is 12.6 Å². The molecule has 2 N–H and O–H groups in total. The van der Waals surface area contributed by atoms with E-state index in [9.17, 15) is 0 Å². The summed E-state index contributed by atoms with van der Waals surface area (Å²) in [6, 6.07) is 0.651. The average Bonchev–Trinajstić information content (AvgIpc) is 3.00. The lowest BCUT2D eigenvalue weighted by Crippen LogP contribution is -2.22. The molecule has 0 amide bonds. The molecule has 0 bridgehead atoms. The summed E-state index contributed by atoms with van der Waals surface area (Å²) in [7, 11) is 2.05. The Labute approximate surface area is 84.2 Å². The van der Waals surface area contributed by atoms with Crippen molar-refractivity contribution in [3.8, 4) is 0 Å². The molecule has 1 saturated carbocycles. The van der Waals surface area contributed by atoms with Gasteiger partial charge in [0.2, 0.25) is 5.95 Å². The van der Waals surface area contributed by atoms with Crippen LogP contribution in [0.15, 0.2) is 6.20 Å². The van der Waals surface area contributed by atoms with Crippen LogP contribution in [0.1, 0.15) is 24.1 Å². The molecule has 4 nitrogen and oxygen atoms in total. The molecule has 0 radical (unpaired) electrons. The van der Waals surface area contributed by atoms with Crippen molar-refractivity contribution in [3.05, 3.63) is 17.5 Å². The zero-order valence-corrected chi connectivity index (χ0v) is 8.70. The van der Waals surface area contributed by atoms with Gasteiger partial charge in [-0.3, -0.25) is 0 Å². The lowest BCUT2D eigenvalue weighted by molar-refractivity contribution is 0.842. The first-order valence-corrected chi connectivity index (χ1v) is 4.98. The molecule has 14 heavy (non-hydrogen) atoms. The van der Waals surface area contributed by atoms with Gasteiger partial charge < -0.3 is 10.6 Å². The largest absolute Gasteiger partial charge is 0.341 e. The van der Waals surface area contributed by atoms with E-state index >= 15 is 0 Å². The molecule has 0 aliphatic heterocycles. The van der Waals surface area contributed by atoms with Crippen LogP contribution in [0.4, 0.5) is 5.95 Å². The lowest BCUT2D eigenvalue weighted by Gasteiger charge is -2.16. The number of rotatable bonds is 3. The summed E-state index contributed by atoms with van der Waals surface area (Å²) in [6.07, 6.45) is 4.35. The lowest BCUT2D eigenvalue weighted by atomic mass is 10.2. The number of aryl methyl sites for hydroxylation is 1. The smallest absolute Gasteiger partial charge is 0.225 e. The highest BCUT2D eigenvalue weighted by Crippen LogP contribution is 2.28. The van der Waals surface area contributed by atoms with Crippen molar-refractivity contribution >= 4 is 5.95 Å². The highest BCUT2D eigenvalue weighted by molar-refractivity contribution is 5.34. The van der Waals surface area contributed by atoms with Gasteiger partial charge in [0, 0.05) is 37.1 Å². The normalized spacial score (nSPS) is 15.6. The molecule has 0 unspecified atom stereocenters. The Hall–Kier alpha value is -1.16. The van der Waals surface area contributed by atoms with E-state index in [2.05, 4.69) is 21.9 Å². The van der Waals surface area contributed by atoms with Crippen molar-refractivity contribution in [1.29, 1.82) is 0 Å². The van der Waals surface area contributed by atoms with Crippen molar-refractivity contribution in [1.82, 2.24) is 9.97 Å². The van der Waals surface area contributed by atoms with Crippen LogP contribution in [0.3, 0.4) is 0 Å². The topological polar surface area (TPSA) is 55.0 Å². The fraction of sp³-hybridized carbons (Fsp3) is 0.600. The minimum absolute atomic E-state index is 0.513. The van der Waals surface area contributed by atoms with E-state index in [-0.39, 0.29) is 0 Å². The van der Waals surface area contributed by atoms with Crippen LogP contribution in [0.2, 0.25) is 0 Å². The van der Waals surface area contributed by atoms with Gasteiger partial charge in [-0.2, -0.15) is 0 Å². The van der Waals surface area contributed by atoms with Gasteiger partial charge in [0.1, 0.15) is 0 Å². The van der Waals surface area contributed by atoms with Crippen molar-refractivity contribution < 1.29 is 0 Å². The predicted molar refractivity (Wildman–Crippen MR) is 56.1 cm³/mol. The number of nitrogens with two attached hydrogens (primary N) is 1. The third-order valence-electron chi connectivity index (χ3n) is 2.70. The maximum atomic E-state index is 5.56.